The number of carbonyl (C=O) groups excluding carboxylic acids is 4. The van der Waals surface area contributed by atoms with Gasteiger partial charge in [0.2, 0.25) is 5.91 Å². The van der Waals surface area contributed by atoms with Crippen LogP contribution in [0.5, 0.6) is 0 Å². The summed E-state index contributed by atoms with van der Waals surface area (Å²) in [4.78, 5) is 47.9. The van der Waals surface area contributed by atoms with Gasteiger partial charge in [0.25, 0.3) is 5.91 Å². The molecular formula is C25H28BrClN2O6. The fourth-order valence-corrected chi connectivity index (χ4v) is 3.49. The van der Waals surface area contributed by atoms with Gasteiger partial charge in [0.1, 0.15) is 0 Å². The summed E-state index contributed by atoms with van der Waals surface area (Å²) in [6, 6.07) is 9.78. The molecule has 0 unspecified atom stereocenters. The third-order valence-electron chi connectivity index (χ3n) is 4.90. The zero-order valence-corrected chi connectivity index (χ0v) is 22.0. The van der Waals surface area contributed by atoms with E-state index in [1.165, 1.54) is 0 Å². The molecule has 0 heterocycles. The van der Waals surface area contributed by atoms with Crippen molar-refractivity contribution in [3.05, 3.63) is 57.0 Å². The summed E-state index contributed by atoms with van der Waals surface area (Å²) in [7, 11) is 0. The molecule has 0 saturated heterocycles. The van der Waals surface area contributed by atoms with Crippen molar-refractivity contribution in [2.45, 2.75) is 46.0 Å². The smallest absolute Gasteiger partial charge is 0.338 e. The highest BCUT2D eigenvalue weighted by molar-refractivity contribution is 9.10. The van der Waals surface area contributed by atoms with Crippen LogP contribution in [-0.2, 0) is 23.9 Å². The molecule has 35 heavy (non-hydrogen) atoms. The van der Waals surface area contributed by atoms with E-state index in [9.17, 15) is 19.2 Å². The first-order valence-electron chi connectivity index (χ1n) is 11.2. The molecule has 10 heteroatoms. The Morgan fingerprint density at radius 1 is 0.914 bits per heavy atom. The van der Waals surface area contributed by atoms with Gasteiger partial charge in [-0.3, -0.25) is 14.4 Å². The number of amides is 2. The molecule has 0 fully saturated rings. The summed E-state index contributed by atoms with van der Waals surface area (Å²) >= 11 is 9.44. The standard InChI is InChI=1S/C25H28BrClN2O6/c1-3-4-14-34-25(33)17-8-10-18(11-9-17)28-21(30)6-5-7-23(32)35-15-22(31)29-20-13-12-19(26)24(27)16(20)2/h8-13H,3-7,14-15H2,1-2H3,(H,28,30)(H,29,31). The predicted molar refractivity (Wildman–Crippen MR) is 138 cm³/mol. The molecular weight excluding hydrogens is 540 g/mol. The van der Waals surface area contributed by atoms with Crippen molar-refractivity contribution in [3.63, 3.8) is 0 Å². The van der Waals surface area contributed by atoms with Crippen LogP contribution in [-0.4, -0.2) is 37.0 Å². The van der Waals surface area contributed by atoms with Gasteiger partial charge in [-0.25, -0.2) is 4.79 Å². The normalized spacial score (nSPS) is 10.4. The molecule has 0 aliphatic carbocycles. The first-order chi connectivity index (χ1) is 16.7. The molecule has 0 saturated carbocycles. The predicted octanol–water partition coefficient (Wildman–Crippen LogP) is 5.66. The number of unbranched alkanes of at least 4 members (excludes halogenated alkanes) is 1. The van der Waals surface area contributed by atoms with Crippen molar-refractivity contribution in [2.24, 2.45) is 0 Å². The molecule has 2 aromatic rings. The Morgan fingerprint density at radius 2 is 1.63 bits per heavy atom. The number of anilines is 2. The molecule has 0 aromatic heterocycles. The molecule has 2 amide bonds. The third-order valence-corrected chi connectivity index (χ3v) is 6.27. The van der Waals surface area contributed by atoms with Crippen LogP contribution in [0.25, 0.3) is 0 Å². The lowest BCUT2D eigenvalue weighted by Gasteiger charge is -2.11. The Bertz CT molecular complexity index is 1060. The molecule has 8 nitrogen and oxygen atoms in total. The van der Waals surface area contributed by atoms with E-state index in [0.717, 1.165) is 12.8 Å². The molecule has 0 aliphatic rings. The van der Waals surface area contributed by atoms with Crippen molar-refractivity contribution in [1.82, 2.24) is 0 Å². The van der Waals surface area contributed by atoms with Gasteiger partial charge in [-0.2, -0.15) is 0 Å². The van der Waals surface area contributed by atoms with E-state index < -0.39 is 24.5 Å². The minimum atomic E-state index is -0.579. The number of hydrogen-bond acceptors (Lipinski definition) is 6. The van der Waals surface area contributed by atoms with Gasteiger partial charge in [0.15, 0.2) is 6.61 Å². The first kappa shape index (κ1) is 28.3. The highest BCUT2D eigenvalue weighted by Crippen LogP contribution is 2.30. The Labute approximate surface area is 217 Å². The summed E-state index contributed by atoms with van der Waals surface area (Å²) in [6.45, 7) is 3.71. The fraction of sp³-hybridized carbons (Fsp3) is 0.360. The van der Waals surface area contributed by atoms with Crippen LogP contribution in [0.3, 0.4) is 0 Å². The average Bonchev–Trinajstić information content (AvgIpc) is 2.83. The maximum absolute atomic E-state index is 12.1. The van der Waals surface area contributed by atoms with E-state index in [1.54, 1.807) is 43.3 Å². The molecule has 2 rings (SSSR count). The lowest BCUT2D eigenvalue weighted by atomic mass is 10.2. The van der Waals surface area contributed by atoms with Gasteiger partial charge in [-0.1, -0.05) is 24.9 Å². The van der Waals surface area contributed by atoms with Gasteiger partial charge in [-0.15, -0.1) is 0 Å². The van der Waals surface area contributed by atoms with Crippen LogP contribution in [0.1, 0.15) is 54.9 Å². The van der Waals surface area contributed by atoms with Crippen molar-refractivity contribution in [1.29, 1.82) is 0 Å². The van der Waals surface area contributed by atoms with E-state index in [0.29, 0.717) is 38.6 Å². The summed E-state index contributed by atoms with van der Waals surface area (Å²) in [5, 5.41) is 5.83. The van der Waals surface area contributed by atoms with Gasteiger partial charge in [-0.05, 0) is 77.7 Å². The van der Waals surface area contributed by atoms with Crippen molar-refractivity contribution in [3.8, 4) is 0 Å². The minimum Gasteiger partial charge on any atom is -0.462 e. The van der Waals surface area contributed by atoms with Gasteiger partial charge in [0, 0.05) is 28.7 Å². The van der Waals surface area contributed by atoms with E-state index in [-0.39, 0.29) is 25.2 Å². The van der Waals surface area contributed by atoms with E-state index in [1.807, 2.05) is 6.92 Å². The second kappa shape index (κ2) is 14.5. The lowest BCUT2D eigenvalue weighted by Crippen LogP contribution is -2.21. The van der Waals surface area contributed by atoms with Crippen molar-refractivity contribution >= 4 is 62.7 Å². The number of nitrogens with one attached hydrogen (secondary N) is 2. The monoisotopic (exact) mass is 566 g/mol. The van der Waals surface area contributed by atoms with Gasteiger partial charge < -0.3 is 20.1 Å². The highest BCUT2D eigenvalue weighted by Gasteiger charge is 2.13. The number of halogens is 2. The van der Waals surface area contributed by atoms with Crippen molar-refractivity contribution in [2.75, 3.05) is 23.8 Å². The van der Waals surface area contributed by atoms with Crippen LogP contribution in [0.2, 0.25) is 5.02 Å². The zero-order chi connectivity index (χ0) is 25.8. The molecule has 0 spiro atoms. The van der Waals surface area contributed by atoms with E-state index in [4.69, 9.17) is 21.1 Å². The Balaban J connectivity index is 1.67. The molecule has 0 bridgehead atoms. The minimum absolute atomic E-state index is 0.00756. The summed E-state index contributed by atoms with van der Waals surface area (Å²) in [6.07, 6.45) is 2.09. The largest absolute Gasteiger partial charge is 0.462 e. The van der Waals surface area contributed by atoms with Crippen LogP contribution >= 0.6 is 27.5 Å². The summed E-state index contributed by atoms with van der Waals surface area (Å²) < 4.78 is 10.8. The van der Waals surface area contributed by atoms with Crippen LogP contribution in [0.4, 0.5) is 11.4 Å². The number of rotatable bonds is 12. The molecule has 2 N–H and O–H groups in total. The number of carbonyl (C=O) groups is 4. The first-order valence-corrected chi connectivity index (χ1v) is 12.4. The second-order valence-electron chi connectivity index (χ2n) is 7.71. The number of ether oxygens (including phenoxy) is 2. The average molecular weight is 568 g/mol. The Kier molecular flexibility index (Phi) is 11.7. The SMILES string of the molecule is CCCCOC(=O)c1ccc(NC(=O)CCCC(=O)OCC(=O)Nc2ccc(Br)c(Cl)c2C)cc1. The van der Waals surface area contributed by atoms with Gasteiger partial charge >= 0.3 is 11.9 Å². The summed E-state index contributed by atoms with van der Waals surface area (Å²) in [5.41, 5.74) is 2.15. The Morgan fingerprint density at radius 3 is 2.31 bits per heavy atom. The number of hydrogen-bond donors (Lipinski definition) is 2. The molecule has 0 radical (unpaired) electrons. The van der Waals surface area contributed by atoms with Crippen LogP contribution in [0.15, 0.2) is 40.9 Å². The topological polar surface area (TPSA) is 111 Å². The number of esters is 2. The zero-order valence-electron chi connectivity index (χ0n) is 19.6. The third kappa shape index (κ3) is 9.70. The molecule has 0 atom stereocenters. The highest BCUT2D eigenvalue weighted by atomic mass is 79.9. The fourth-order valence-electron chi connectivity index (χ4n) is 2.89. The van der Waals surface area contributed by atoms with E-state index in [2.05, 4.69) is 26.6 Å². The quantitative estimate of drug-likeness (QED) is 0.253. The van der Waals surface area contributed by atoms with Crippen molar-refractivity contribution < 1.29 is 28.7 Å². The summed E-state index contributed by atoms with van der Waals surface area (Å²) in [5.74, 6) is -1.75. The van der Waals surface area contributed by atoms with Gasteiger partial charge in [0.05, 0.1) is 17.2 Å². The number of benzene rings is 2. The molecule has 188 valence electrons. The molecule has 2 aromatic carbocycles. The molecule has 0 aliphatic heterocycles. The second-order valence-corrected chi connectivity index (χ2v) is 8.94. The maximum Gasteiger partial charge on any atom is 0.338 e. The lowest BCUT2D eigenvalue weighted by molar-refractivity contribution is -0.147. The maximum atomic E-state index is 12.1. The Hall–Kier alpha value is -2.91. The van der Waals surface area contributed by atoms with Crippen LogP contribution < -0.4 is 10.6 Å². The van der Waals surface area contributed by atoms with Crippen LogP contribution in [0, 0.1) is 6.92 Å². The van der Waals surface area contributed by atoms with E-state index >= 15 is 0 Å².